The zero-order chi connectivity index (χ0) is 15.2. The van der Waals surface area contributed by atoms with Crippen LogP contribution < -0.4 is 10.1 Å². The third kappa shape index (κ3) is 3.86. The van der Waals surface area contributed by atoms with Gasteiger partial charge in [-0.05, 0) is 24.3 Å². The molecule has 1 aromatic heterocycles. The van der Waals surface area contributed by atoms with E-state index < -0.39 is 5.97 Å². The average Bonchev–Trinajstić information content (AvgIpc) is 2.97. The predicted molar refractivity (Wildman–Crippen MR) is 77.5 cm³/mol. The van der Waals surface area contributed by atoms with Gasteiger partial charge in [-0.25, -0.2) is 4.79 Å². The first-order valence-corrected chi connectivity index (χ1v) is 6.64. The van der Waals surface area contributed by atoms with Crippen molar-refractivity contribution in [2.45, 2.75) is 0 Å². The van der Waals surface area contributed by atoms with Gasteiger partial charge < -0.3 is 9.84 Å². The third-order valence-electron chi connectivity index (χ3n) is 2.48. The lowest BCUT2D eigenvalue weighted by atomic mass is 10.1. The van der Waals surface area contributed by atoms with Crippen LogP contribution in [-0.4, -0.2) is 34.3 Å². The van der Waals surface area contributed by atoms with E-state index in [1.807, 2.05) is 0 Å². The predicted octanol–water partition coefficient (Wildman–Crippen LogP) is 1.90. The number of rotatable bonds is 5. The van der Waals surface area contributed by atoms with Crippen molar-refractivity contribution in [3.8, 4) is 5.75 Å². The number of carbonyl (C=O) groups is 2. The van der Waals surface area contributed by atoms with Crippen LogP contribution in [0.15, 0.2) is 29.8 Å². The SMILES string of the molecule is COc1ccc(C(=O)Nc2nncs2)cc1C=CC(=O)O. The van der Waals surface area contributed by atoms with E-state index >= 15 is 0 Å². The molecule has 0 saturated carbocycles. The molecule has 0 atom stereocenters. The van der Waals surface area contributed by atoms with Crippen molar-refractivity contribution in [2.24, 2.45) is 0 Å². The average molecular weight is 305 g/mol. The largest absolute Gasteiger partial charge is 0.496 e. The highest BCUT2D eigenvalue weighted by atomic mass is 32.1. The molecule has 21 heavy (non-hydrogen) atoms. The summed E-state index contributed by atoms with van der Waals surface area (Å²) in [7, 11) is 1.47. The van der Waals surface area contributed by atoms with Gasteiger partial charge in [0, 0.05) is 17.2 Å². The summed E-state index contributed by atoms with van der Waals surface area (Å²) in [5.74, 6) is -0.972. The molecular weight excluding hydrogens is 294 g/mol. The summed E-state index contributed by atoms with van der Waals surface area (Å²) < 4.78 is 5.12. The van der Waals surface area contributed by atoms with Gasteiger partial charge in [-0.3, -0.25) is 10.1 Å². The lowest BCUT2D eigenvalue weighted by Crippen LogP contribution is -2.12. The molecule has 7 nitrogen and oxygen atoms in total. The van der Waals surface area contributed by atoms with Crippen LogP contribution in [0.25, 0.3) is 6.08 Å². The van der Waals surface area contributed by atoms with Gasteiger partial charge in [-0.15, -0.1) is 10.2 Å². The van der Waals surface area contributed by atoms with Crippen molar-refractivity contribution in [2.75, 3.05) is 12.4 Å². The Labute approximate surface area is 123 Å². The van der Waals surface area contributed by atoms with Gasteiger partial charge in [0.2, 0.25) is 5.13 Å². The highest BCUT2D eigenvalue weighted by molar-refractivity contribution is 7.13. The van der Waals surface area contributed by atoms with Crippen molar-refractivity contribution < 1.29 is 19.4 Å². The summed E-state index contributed by atoms with van der Waals surface area (Å²) in [6.07, 6.45) is 2.34. The first kappa shape index (κ1) is 14.7. The van der Waals surface area contributed by atoms with Crippen molar-refractivity contribution in [3.63, 3.8) is 0 Å². The van der Waals surface area contributed by atoms with E-state index in [0.717, 1.165) is 6.08 Å². The molecule has 108 valence electrons. The molecule has 2 rings (SSSR count). The monoisotopic (exact) mass is 305 g/mol. The fourth-order valence-corrected chi connectivity index (χ4v) is 2.00. The number of hydrogen-bond acceptors (Lipinski definition) is 6. The number of carboxylic acids is 1. The first-order chi connectivity index (χ1) is 10.1. The van der Waals surface area contributed by atoms with Crippen LogP contribution in [0.1, 0.15) is 15.9 Å². The van der Waals surface area contributed by atoms with Gasteiger partial charge in [0.1, 0.15) is 11.3 Å². The summed E-state index contributed by atoms with van der Waals surface area (Å²) in [4.78, 5) is 22.6. The maximum Gasteiger partial charge on any atom is 0.328 e. The lowest BCUT2D eigenvalue weighted by molar-refractivity contribution is -0.131. The summed E-state index contributed by atoms with van der Waals surface area (Å²) in [6.45, 7) is 0. The first-order valence-electron chi connectivity index (χ1n) is 5.76. The minimum Gasteiger partial charge on any atom is -0.496 e. The quantitative estimate of drug-likeness (QED) is 0.818. The molecule has 0 spiro atoms. The molecule has 2 N–H and O–H groups in total. The number of aromatic nitrogens is 2. The van der Waals surface area contributed by atoms with Gasteiger partial charge >= 0.3 is 5.97 Å². The van der Waals surface area contributed by atoms with Crippen LogP contribution in [0.3, 0.4) is 0 Å². The zero-order valence-corrected chi connectivity index (χ0v) is 11.8. The molecule has 0 aliphatic heterocycles. The summed E-state index contributed by atoms with van der Waals surface area (Å²) >= 11 is 1.20. The van der Waals surface area contributed by atoms with Crippen LogP contribution in [0.2, 0.25) is 0 Å². The number of carboxylic acid groups (broad SMARTS) is 1. The number of benzene rings is 1. The standard InChI is InChI=1S/C13H11N3O4S/c1-20-10-4-2-9(6-8(10)3-5-11(17)18)12(19)15-13-16-14-7-21-13/h2-7H,1H3,(H,17,18)(H,15,16,19). The molecule has 2 aromatic rings. The van der Waals surface area contributed by atoms with E-state index in [0.29, 0.717) is 22.0 Å². The molecule has 1 aromatic carbocycles. The second-order valence-corrected chi connectivity index (χ2v) is 4.66. The Kier molecular flexibility index (Phi) is 4.62. The Hall–Kier alpha value is -2.74. The molecule has 8 heteroatoms. The molecule has 0 aliphatic carbocycles. The number of hydrogen-bond donors (Lipinski definition) is 2. The Morgan fingerprint density at radius 2 is 2.24 bits per heavy atom. The van der Waals surface area contributed by atoms with Gasteiger partial charge in [-0.1, -0.05) is 11.3 Å². The fraction of sp³-hybridized carbons (Fsp3) is 0.0769. The molecule has 0 saturated heterocycles. The van der Waals surface area contributed by atoms with Gasteiger partial charge in [0.15, 0.2) is 0 Å². The Balaban J connectivity index is 2.26. The second kappa shape index (κ2) is 6.62. The highest BCUT2D eigenvalue weighted by Gasteiger charge is 2.10. The number of ether oxygens (including phenoxy) is 1. The number of nitrogens with one attached hydrogen (secondary N) is 1. The maximum absolute atomic E-state index is 12.0. The van der Waals surface area contributed by atoms with Gasteiger partial charge in [0.05, 0.1) is 7.11 Å². The van der Waals surface area contributed by atoms with Crippen molar-refractivity contribution in [1.29, 1.82) is 0 Å². The Morgan fingerprint density at radius 3 is 2.86 bits per heavy atom. The molecule has 0 bridgehead atoms. The molecule has 1 amide bonds. The molecule has 1 heterocycles. The van der Waals surface area contributed by atoms with E-state index in [4.69, 9.17) is 9.84 Å². The molecule has 0 fully saturated rings. The number of aliphatic carboxylic acids is 1. The second-order valence-electron chi connectivity index (χ2n) is 3.83. The smallest absolute Gasteiger partial charge is 0.328 e. The number of anilines is 1. The van der Waals surface area contributed by atoms with Gasteiger partial charge in [-0.2, -0.15) is 0 Å². The maximum atomic E-state index is 12.0. The molecule has 0 aliphatic rings. The van der Waals surface area contributed by atoms with Crippen LogP contribution >= 0.6 is 11.3 Å². The number of nitrogens with zero attached hydrogens (tertiary/aromatic N) is 2. The van der Waals surface area contributed by atoms with E-state index in [1.54, 1.807) is 12.1 Å². The van der Waals surface area contributed by atoms with Crippen LogP contribution in [0.5, 0.6) is 5.75 Å². The Morgan fingerprint density at radius 1 is 1.43 bits per heavy atom. The molecule has 0 radical (unpaired) electrons. The van der Waals surface area contributed by atoms with Crippen LogP contribution in [-0.2, 0) is 4.79 Å². The van der Waals surface area contributed by atoms with Crippen molar-refractivity contribution in [3.05, 3.63) is 40.9 Å². The molecule has 0 unspecified atom stereocenters. The third-order valence-corrected chi connectivity index (χ3v) is 3.08. The molecular formula is C13H11N3O4S. The minimum absolute atomic E-state index is 0.357. The zero-order valence-electron chi connectivity index (χ0n) is 10.9. The van der Waals surface area contributed by atoms with Crippen molar-refractivity contribution in [1.82, 2.24) is 10.2 Å². The minimum atomic E-state index is -1.08. The van der Waals surface area contributed by atoms with E-state index in [9.17, 15) is 9.59 Å². The normalized spacial score (nSPS) is 10.5. The van der Waals surface area contributed by atoms with E-state index in [2.05, 4.69) is 15.5 Å². The van der Waals surface area contributed by atoms with E-state index in [-0.39, 0.29) is 5.91 Å². The lowest BCUT2D eigenvalue weighted by Gasteiger charge is -2.07. The Bertz CT molecular complexity index is 683. The summed E-state index contributed by atoms with van der Waals surface area (Å²) in [5.41, 5.74) is 2.35. The van der Waals surface area contributed by atoms with Crippen LogP contribution in [0.4, 0.5) is 5.13 Å². The number of amides is 1. The number of methoxy groups -OCH3 is 1. The topological polar surface area (TPSA) is 101 Å². The number of carbonyl (C=O) groups excluding carboxylic acids is 1. The highest BCUT2D eigenvalue weighted by Crippen LogP contribution is 2.22. The van der Waals surface area contributed by atoms with Gasteiger partial charge in [0.25, 0.3) is 5.91 Å². The van der Waals surface area contributed by atoms with Crippen LogP contribution in [0, 0.1) is 0 Å². The fourth-order valence-electron chi connectivity index (χ4n) is 1.56. The summed E-state index contributed by atoms with van der Waals surface area (Å²) in [5, 5.41) is 19.0. The van der Waals surface area contributed by atoms with Crippen molar-refractivity contribution >= 4 is 34.4 Å². The summed E-state index contributed by atoms with van der Waals surface area (Å²) in [6, 6.07) is 4.71. The van der Waals surface area contributed by atoms with E-state index in [1.165, 1.54) is 36.1 Å².